The van der Waals surface area contributed by atoms with E-state index in [0.717, 1.165) is 0 Å². The maximum atomic E-state index is 4.98. The summed E-state index contributed by atoms with van der Waals surface area (Å²) >= 11 is 0. The molecule has 90 valence electrons. The number of fused-ring (bicyclic) bond motifs is 2. The Bertz CT molecular complexity index is 461. The maximum absolute atomic E-state index is 4.98. The molecule has 0 saturated heterocycles. The standard InChI is InChI=1S/C15H21N2/c1-14(2)9-13-10-15(3,11-14)16-17(13)12-7-5-4-6-8-12/h4-8,13H,9-11H2,1-3H3/q+1/t13-,15+/m0/s1. The van der Waals surface area contributed by atoms with Gasteiger partial charge < -0.3 is 0 Å². The molecule has 0 radical (unpaired) electrons. The summed E-state index contributed by atoms with van der Waals surface area (Å²) in [7, 11) is 0. The van der Waals surface area contributed by atoms with Crippen molar-refractivity contribution < 1.29 is 4.70 Å². The third kappa shape index (κ3) is 1.90. The molecule has 1 heterocycles. The van der Waals surface area contributed by atoms with Crippen LogP contribution in [0.2, 0.25) is 0 Å². The van der Waals surface area contributed by atoms with Crippen molar-refractivity contribution in [2.45, 2.75) is 51.6 Å². The zero-order valence-electron chi connectivity index (χ0n) is 11.0. The predicted molar refractivity (Wildman–Crippen MR) is 68.6 cm³/mol. The zero-order chi connectivity index (χ0) is 12.1. The average molecular weight is 229 g/mol. The smallest absolute Gasteiger partial charge is 0.0858 e. The SMILES string of the molecule is CC1(C)C[C@H]2C[C@](C)(C1)N=[N+]2c1ccccc1. The first-order chi connectivity index (χ1) is 7.98. The van der Waals surface area contributed by atoms with Gasteiger partial charge in [-0.05, 0) is 23.9 Å². The maximum Gasteiger partial charge on any atom is 0.231 e. The lowest BCUT2D eigenvalue weighted by Gasteiger charge is -2.34. The quantitative estimate of drug-likeness (QED) is 0.643. The molecule has 0 spiro atoms. The summed E-state index contributed by atoms with van der Waals surface area (Å²) in [5.74, 6) is 0. The van der Waals surface area contributed by atoms with E-state index in [1.54, 1.807) is 0 Å². The van der Waals surface area contributed by atoms with Crippen LogP contribution < -0.4 is 0 Å². The molecule has 2 atom stereocenters. The summed E-state index contributed by atoms with van der Waals surface area (Å²) in [6.45, 7) is 7.06. The predicted octanol–water partition coefficient (Wildman–Crippen LogP) is 4.13. The number of benzene rings is 1. The van der Waals surface area contributed by atoms with Gasteiger partial charge in [0, 0.05) is 25.0 Å². The van der Waals surface area contributed by atoms with Crippen LogP contribution in [0.1, 0.15) is 40.0 Å². The van der Waals surface area contributed by atoms with Gasteiger partial charge in [-0.1, -0.05) is 36.7 Å². The second-order valence-electron chi connectivity index (χ2n) is 6.68. The third-order valence-corrected chi connectivity index (χ3v) is 4.04. The molecule has 0 unspecified atom stereocenters. The molecule has 2 nitrogen and oxygen atoms in total. The minimum absolute atomic E-state index is 0.155. The molecule has 2 bridgehead atoms. The highest BCUT2D eigenvalue weighted by Gasteiger charge is 2.53. The number of hydrogen-bond acceptors (Lipinski definition) is 1. The lowest BCUT2D eigenvalue weighted by Crippen LogP contribution is -2.38. The molecule has 1 aliphatic heterocycles. The Kier molecular flexibility index (Phi) is 2.19. The van der Waals surface area contributed by atoms with Crippen LogP contribution in [0.3, 0.4) is 0 Å². The Morgan fingerprint density at radius 3 is 2.53 bits per heavy atom. The molecule has 17 heavy (non-hydrogen) atoms. The van der Waals surface area contributed by atoms with E-state index < -0.39 is 0 Å². The van der Waals surface area contributed by atoms with E-state index in [4.69, 9.17) is 5.11 Å². The van der Waals surface area contributed by atoms with Crippen molar-refractivity contribution in [2.24, 2.45) is 10.5 Å². The number of azo groups is 2. The summed E-state index contributed by atoms with van der Waals surface area (Å²) in [6.07, 6.45) is 3.67. The van der Waals surface area contributed by atoms with Gasteiger partial charge in [-0.2, -0.15) is 0 Å². The lowest BCUT2D eigenvalue weighted by atomic mass is 9.68. The van der Waals surface area contributed by atoms with Crippen LogP contribution >= 0.6 is 0 Å². The first kappa shape index (κ1) is 10.9. The van der Waals surface area contributed by atoms with E-state index in [1.807, 2.05) is 0 Å². The fourth-order valence-electron chi connectivity index (χ4n) is 3.83. The third-order valence-electron chi connectivity index (χ3n) is 4.04. The summed E-state index contributed by atoms with van der Waals surface area (Å²) < 4.78 is 2.27. The minimum Gasteiger partial charge on any atom is -0.0858 e. The second-order valence-corrected chi connectivity index (χ2v) is 6.68. The van der Waals surface area contributed by atoms with Gasteiger partial charge in [-0.15, -0.1) is 0 Å². The highest BCUT2D eigenvalue weighted by atomic mass is 15.4. The fraction of sp³-hybridized carbons (Fsp3) is 0.600. The molecule has 0 amide bonds. The van der Waals surface area contributed by atoms with Gasteiger partial charge in [0.15, 0.2) is 6.04 Å². The molecular formula is C15H21N2+. The van der Waals surface area contributed by atoms with Crippen LogP contribution in [0.5, 0.6) is 0 Å². The van der Waals surface area contributed by atoms with Gasteiger partial charge in [-0.25, -0.2) is 0 Å². The van der Waals surface area contributed by atoms with Crippen LogP contribution in [0, 0.1) is 5.41 Å². The molecular weight excluding hydrogens is 208 g/mol. The molecule has 0 N–H and O–H groups in total. The van der Waals surface area contributed by atoms with Crippen LogP contribution in [0.25, 0.3) is 0 Å². The summed E-state index contributed by atoms with van der Waals surface area (Å²) in [4.78, 5) is 0. The topological polar surface area (TPSA) is 15.4 Å². The van der Waals surface area contributed by atoms with Crippen LogP contribution in [0.15, 0.2) is 35.4 Å². The highest BCUT2D eigenvalue weighted by Crippen LogP contribution is 2.49. The zero-order valence-corrected chi connectivity index (χ0v) is 11.0. The summed E-state index contributed by atoms with van der Waals surface area (Å²) in [5, 5.41) is 4.98. The molecule has 1 fully saturated rings. The molecule has 2 heteroatoms. The van der Waals surface area contributed by atoms with E-state index in [-0.39, 0.29) is 5.54 Å². The minimum atomic E-state index is 0.155. The van der Waals surface area contributed by atoms with E-state index in [0.29, 0.717) is 11.5 Å². The van der Waals surface area contributed by atoms with Gasteiger partial charge in [0.05, 0.1) is 0 Å². The summed E-state index contributed by atoms with van der Waals surface area (Å²) in [5.41, 5.74) is 1.83. The average Bonchev–Trinajstić information content (AvgIpc) is 2.49. The van der Waals surface area contributed by atoms with Gasteiger partial charge in [0.1, 0.15) is 5.54 Å². The second kappa shape index (κ2) is 3.41. The largest absolute Gasteiger partial charge is 0.231 e. The molecule has 1 aromatic rings. The van der Waals surface area contributed by atoms with Gasteiger partial charge >= 0.3 is 0 Å². The van der Waals surface area contributed by atoms with Crippen molar-refractivity contribution in [1.29, 1.82) is 0 Å². The van der Waals surface area contributed by atoms with Crippen molar-refractivity contribution >= 4 is 5.69 Å². The molecule has 1 aromatic carbocycles. The number of hydrogen-bond donors (Lipinski definition) is 0. The first-order valence-corrected chi connectivity index (χ1v) is 6.55. The monoisotopic (exact) mass is 229 g/mol. The normalized spacial score (nSPS) is 34.5. The van der Waals surface area contributed by atoms with E-state index in [2.05, 4.69) is 55.8 Å². The van der Waals surface area contributed by atoms with Gasteiger partial charge in [0.2, 0.25) is 5.69 Å². The number of rotatable bonds is 1. The van der Waals surface area contributed by atoms with Crippen molar-refractivity contribution in [3.05, 3.63) is 30.3 Å². The first-order valence-electron chi connectivity index (χ1n) is 6.55. The van der Waals surface area contributed by atoms with Crippen molar-refractivity contribution in [2.75, 3.05) is 0 Å². The van der Waals surface area contributed by atoms with Crippen LogP contribution in [0.4, 0.5) is 5.69 Å². The van der Waals surface area contributed by atoms with E-state index in [9.17, 15) is 0 Å². The Hall–Kier alpha value is -1.18. The van der Waals surface area contributed by atoms with Crippen molar-refractivity contribution in [3.63, 3.8) is 0 Å². The fourth-order valence-corrected chi connectivity index (χ4v) is 3.83. The molecule has 1 saturated carbocycles. The van der Waals surface area contributed by atoms with Crippen molar-refractivity contribution in [3.8, 4) is 0 Å². The van der Waals surface area contributed by atoms with E-state index in [1.165, 1.54) is 24.9 Å². The number of para-hydroxylation sites is 1. The van der Waals surface area contributed by atoms with Crippen molar-refractivity contribution in [1.82, 2.24) is 0 Å². The van der Waals surface area contributed by atoms with E-state index >= 15 is 0 Å². The van der Waals surface area contributed by atoms with Crippen LogP contribution in [-0.4, -0.2) is 16.3 Å². The molecule has 3 rings (SSSR count). The lowest BCUT2D eigenvalue weighted by molar-refractivity contribution is -0.539. The number of nitrogens with zero attached hydrogens (tertiary/aromatic N) is 2. The van der Waals surface area contributed by atoms with Gasteiger partial charge in [0.25, 0.3) is 0 Å². The Morgan fingerprint density at radius 2 is 1.82 bits per heavy atom. The molecule has 1 aliphatic carbocycles. The Morgan fingerprint density at radius 1 is 1.12 bits per heavy atom. The Labute approximate surface area is 103 Å². The van der Waals surface area contributed by atoms with Gasteiger partial charge in [-0.3, -0.25) is 0 Å². The Balaban J connectivity index is 1.99. The summed E-state index contributed by atoms with van der Waals surface area (Å²) in [6, 6.07) is 11.2. The molecule has 2 aliphatic rings. The highest BCUT2D eigenvalue weighted by molar-refractivity contribution is 5.28. The van der Waals surface area contributed by atoms with Crippen LogP contribution in [-0.2, 0) is 0 Å². The molecule has 0 aromatic heterocycles.